The molecule has 1 saturated carbocycles. The highest BCUT2D eigenvalue weighted by atomic mass is 16.5. The zero-order valence-corrected chi connectivity index (χ0v) is 13.8. The second-order valence-corrected chi connectivity index (χ2v) is 6.48. The third-order valence-corrected chi connectivity index (χ3v) is 4.96. The van der Waals surface area contributed by atoms with Crippen LogP contribution in [0.3, 0.4) is 0 Å². The second kappa shape index (κ2) is 7.38. The molecule has 0 unspecified atom stereocenters. The zero-order valence-electron chi connectivity index (χ0n) is 13.8. The molecule has 2 fully saturated rings. The summed E-state index contributed by atoms with van der Waals surface area (Å²) in [5.74, 6) is 0. The average molecular weight is 325 g/mol. The Kier molecular flexibility index (Phi) is 4.83. The Morgan fingerprint density at radius 2 is 2.04 bits per heavy atom. The molecule has 5 nitrogen and oxygen atoms in total. The van der Waals surface area contributed by atoms with Crippen molar-refractivity contribution in [3.05, 3.63) is 60.2 Å². The quantitative estimate of drug-likeness (QED) is 0.845. The number of rotatable bonds is 5. The van der Waals surface area contributed by atoms with Gasteiger partial charge in [0.2, 0.25) is 0 Å². The molecule has 1 aliphatic carbocycles. The number of nitrogens with zero attached hydrogens (tertiary/aromatic N) is 3. The highest BCUT2D eigenvalue weighted by molar-refractivity contribution is 5.09. The Balaban J connectivity index is 1.37. The van der Waals surface area contributed by atoms with Crippen LogP contribution < -0.4 is 0 Å². The molecule has 0 aromatic carbocycles. The molecule has 2 aromatic rings. The molecule has 5 heteroatoms. The van der Waals surface area contributed by atoms with Gasteiger partial charge in [0.15, 0.2) is 0 Å². The zero-order chi connectivity index (χ0) is 16.2. The molecule has 2 aliphatic rings. The maximum Gasteiger partial charge on any atom is 0.0992 e. The minimum Gasteiger partial charge on any atom is -0.373 e. The molecule has 3 atom stereocenters. The fraction of sp³-hybridized carbons (Fsp3) is 0.474. The SMILES string of the molecule is c1ccc(CN2CCO[C@H]3[C@@H](OCc4ccncc4)CC[C@@H]32)nc1. The van der Waals surface area contributed by atoms with Gasteiger partial charge in [0.25, 0.3) is 0 Å². The molecule has 24 heavy (non-hydrogen) atoms. The van der Waals surface area contributed by atoms with Gasteiger partial charge in [0.1, 0.15) is 0 Å². The lowest BCUT2D eigenvalue weighted by Gasteiger charge is -2.38. The van der Waals surface area contributed by atoms with Crippen molar-refractivity contribution in [2.75, 3.05) is 13.2 Å². The lowest BCUT2D eigenvalue weighted by atomic mass is 10.1. The van der Waals surface area contributed by atoms with E-state index >= 15 is 0 Å². The van der Waals surface area contributed by atoms with Crippen molar-refractivity contribution in [3.8, 4) is 0 Å². The van der Waals surface area contributed by atoms with Crippen molar-refractivity contribution in [2.45, 2.75) is 44.2 Å². The number of hydrogen-bond donors (Lipinski definition) is 0. The first-order valence-corrected chi connectivity index (χ1v) is 8.66. The van der Waals surface area contributed by atoms with Crippen LogP contribution >= 0.6 is 0 Å². The lowest BCUT2D eigenvalue weighted by Crippen LogP contribution is -2.51. The van der Waals surface area contributed by atoms with E-state index in [0.29, 0.717) is 12.6 Å². The van der Waals surface area contributed by atoms with Crippen LogP contribution in [-0.4, -0.2) is 46.3 Å². The van der Waals surface area contributed by atoms with Crippen molar-refractivity contribution in [2.24, 2.45) is 0 Å². The maximum atomic E-state index is 6.16. The van der Waals surface area contributed by atoms with Gasteiger partial charge in [-0.25, -0.2) is 0 Å². The first-order chi connectivity index (χ1) is 11.9. The van der Waals surface area contributed by atoms with Crippen LogP contribution in [0, 0.1) is 0 Å². The molecule has 0 bridgehead atoms. The predicted molar refractivity (Wildman–Crippen MR) is 90.2 cm³/mol. The fourth-order valence-corrected chi connectivity index (χ4v) is 3.75. The molecule has 1 aliphatic heterocycles. The van der Waals surface area contributed by atoms with Gasteiger partial charge in [-0.15, -0.1) is 0 Å². The second-order valence-electron chi connectivity index (χ2n) is 6.48. The monoisotopic (exact) mass is 325 g/mol. The highest BCUT2D eigenvalue weighted by Gasteiger charge is 2.43. The summed E-state index contributed by atoms with van der Waals surface area (Å²) in [4.78, 5) is 11.0. The summed E-state index contributed by atoms with van der Waals surface area (Å²) in [7, 11) is 0. The number of fused-ring (bicyclic) bond motifs is 1. The summed E-state index contributed by atoms with van der Waals surface area (Å²) in [5, 5.41) is 0. The minimum atomic E-state index is 0.171. The molecule has 4 rings (SSSR count). The number of hydrogen-bond acceptors (Lipinski definition) is 5. The van der Waals surface area contributed by atoms with Gasteiger partial charge in [-0.2, -0.15) is 0 Å². The molecular weight excluding hydrogens is 302 g/mol. The Morgan fingerprint density at radius 1 is 1.12 bits per heavy atom. The summed E-state index contributed by atoms with van der Waals surface area (Å²) in [6, 6.07) is 10.5. The Bertz CT molecular complexity index is 638. The van der Waals surface area contributed by atoms with Gasteiger partial charge in [-0.1, -0.05) is 6.07 Å². The summed E-state index contributed by atoms with van der Waals surface area (Å²) in [6.45, 7) is 3.25. The number of ether oxygens (including phenoxy) is 2. The summed E-state index contributed by atoms with van der Waals surface area (Å²) >= 11 is 0. The van der Waals surface area contributed by atoms with Crippen LogP contribution in [0.15, 0.2) is 48.9 Å². The Hall–Kier alpha value is -1.82. The summed E-state index contributed by atoms with van der Waals surface area (Å²) < 4.78 is 12.2. The lowest BCUT2D eigenvalue weighted by molar-refractivity contribution is -0.118. The molecule has 1 saturated heterocycles. The van der Waals surface area contributed by atoms with Crippen molar-refractivity contribution in [1.82, 2.24) is 14.9 Å². The highest BCUT2D eigenvalue weighted by Crippen LogP contribution is 2.33. The minimum absolute atomic E-state index is 0.171. The van der Waals surface area contributed by atoms with Crippen LogP contribution in [-0.2, 0) is 22.6 Å². The largest absolute Gasteiger partial charge is 0.373 e. The van der Waals surface area contributed by atoms with E-state index in [9.17, 15) is 0 Å². The number of morpholine rings is 1. The van der Waals surface area contributed by atoms with Crippen molar-refractivity contribution < 1.29 is 9.47 Å². The molecule has 0 spiro atoms. The third-order valence-electron chi connectivity index (χ3n) is 4.96. The van der Waals surface area contributed by atoms with Gasteiger partial charge in [0.05, 0.1) is 31.1 Å². The van der Waals surface area contributed by atoms with E-state index in [2.05, 4.69) is 27.0 Å². The molecule has 0 N–H and O–H groups in total. The van der Waals surface area contributed by atoms with Crippen LogP contribution in [0.2, 0.25) is 0 Å². The van der Waals surface area contributed by atoms with Crippen molar-refractivity contribution >= 4 is 0 Å². The van der Waals surface area contributed by atoms with Crippen LogP contribution in [0.5, 0.6) is 0 Å². The van der Waals surface area contributed by atoms with Gasteiger partial charge in [0, 0.05) is 37.7 Å². The summed E-state index contributed by atoms with van der Waals surface area (Å²) in [5.41, 5.74) is 2.29. The standard InChI is InChI=1S/C19H23N3O2/c1-2-8-21-16(3-1)13-22-11-12-23-19-17(22)4-5-18(19)24-14-15-6-9-20-10-7-15/h1-3,6-10,17-19H,4-5,11-14H2/t17-,18-,19+/m0/s1. The Labute approximate surface area is 142 Å². The van der Waals surface area contributed by atoms with Gasteiger partial charge < -0.3 is 9.47 Å². The first kappa shape index (κ1) is 15.7. The molecule has 0 radical (unpaired) electrons. The fourth-order valence-electron chi connectivity index (χ4n) is 3.75. The summed E-state index contributed by atoms with van der Waals surface area (Å²) in [6.07, 6.45) is 8.00. The molecule has 126 valence electrons. The van der Waals surface area contributed by atoms with E-state index < -0.39 is 0 Å². The van der Waals surface area contributed by atoms with Crippen LogP contribution in [0.4, 0.5) is 0 Å². The van der Waals surface area contributed by atoms with Crippen molar-refractivity contribution in [3.63, 3.8) is 0 Å². The van der Waals surface area contributed by atoms with E-state index in [1.807, 2.05) is 36.8 Å². The van der Waals surface area contributed by atoms with E-state index in [1.165, 1.54) is 0 Å². The van der Waals surface area contributed by atoms with E-state index in [-0.39, 0.29) is 12.2 Å². The van der Waals surface area contributed by atoms with Gasteiger partial charge in [-0.3, -0.25) is 14.9 Å². The predicted octanol–water partition coefficient (Wildman–Crippen LogP) is 2.43. The smallest absolute Gasteiger partial charge is 0.0992 e. The van der Waals surface area contributed by atoms with E-state index in [1.54, 1.807) is 0 Å². The molecule has 3 heterocycles. The van der Waals surface area contributed by atoms with Crippen molar-refractivity contribution in [1.29, 1.82) is 0 Å². The van der Waals surface area contributed by atoms with Crippen LogP contribution in [0.25, 0.3) is 0 Å². The van der Waals surface area contributed by atoms with E-state index in [4.69, 9.17) is 9.47 Å². The molecule has 2 aromatic heterocycles. The number of pyridine rings is 2. The maximum absolute atomic E-state index is 6.16. The molecule has 0 amide bonds. The van der Waals surface area contributed by atoms with Gasteiger partial charge in [-0.05, 0) is 42.7 Å². The topological polar surface area (TPSA) is 47.5 Å². The average Bonchev–Trinajstić information content (AvgIpc) is 3.06. The van der Waals surface area contributed by atoms with Gasteiger partial charge >= 0.3 is 0 Å². The molecular formula is C19H23N3O2. The van der Waals surface area contributed by atoms with Crippen LogP contribution in [0.1, 0.15) is 24.1 Å². The number of aromatic nitrogens is 2. The Morgan fingerprint density at radius 3 is 2.88 bits per heavy atom. The first-order valence-electron chi connectivity index (χ1n) is 8.66. The normalized spacial score (nSPS) is 27.1. The van der Waals surface area contributed by atoms with E-state index in [0.717, 1.165) is 43.8 Å². The third kappa shape index (κ3) is 3.48.